The molecule has 0 saturated carbocycles. The van der Waals surface area contributed by atoms with Crippen molar-refractivity contribution in [2.24, 2.45) is 0 Å². The van der Waals surface area contributed by atoms with Crippen molar-refractivity contribution in [3.8, 4) is 11.5 Å². The highest BCUT2D eigenvalue weighted by Gasteiger charge is 2.28. The molecule has 4 nitrogen and oxygen atoms in total. The van der Waals surface area contributed by atoms with Crippen molar-refractivity contribution < 1.29 is 14.3 Å². The molecule has 0 heterocycles. The van der Waals surface area contributed by atoms with E-state index in [0.717, 1.165) is 19.3 Å². The summed E-state index contributed by atoms with van der Waals surface area (Å²) in [6, 6.07) is 11.7. The normalized spacial score (nSPS) is 16.1. The third-order valence-electron chi connectivity index (χ3n) is 4.81. The molecule has 2 aromatic carbocycles. The quantitative estimate of drug-likeness (QED) is 0.806. The summed E-state index contributed by atoms with van der Waals surface area (Å²) >= 11 is 6.25. The van der Waals surface area contributed by atoms with Gasteiger partial charge in [-0.1, -0.05) is 35.9 Å². The Hall–Kier alpha value is -2.20. The number of aryl methyl sites for hydroxylation is 1. The van der Waals surface area contributed by atoms with E-state index in [4.69, 9.17) is 21.1 Å². The lowest BCUT2D eigenvalue weighted by Gasteiger charge is -2.33. The van der Waals surface area contributed by atoms with Gasteiger partial charge in [-0.25, -0.2) is 0 Å². The molecule has 2 aromatic rings. The fourth-order valence-corrected chi connectivity index (χ4v) is 3.81. The van der Waals surface area contributed by atoms with E-state index in [1.165, 1.54) is 25.3 Å². The van der Waals surface area contributed by atoms with Crippen LogP contribution in [0.5, 0.6) is 11.5 Å². The minimum atomic E-state index is -0.0791. The van der Waals surface area contributed by atoms with Crippen molar-refractivity contribution in [2.75, 3.05) is 21.3 Å². The Morgan fingerprint density at radius 2 is 1.96 bits per heavy atom. The maximum absolute atomic E-state index is 13.0. The first-order valence-electron chi connectivity index (χ1n) is 8.33. The highest BCUT2D eigenvalue weighted by molar-refractivity contribution is 6.32. The highest BCUT2D eigenvalue weighted by atomic mass is 35.5. The Bertz CT molecular complexity index is 791. The van der Waals surface area contributed by atoms with Crippen LogP contribution in [0.15, 0.2) is 36.4 Å². The third kappa shape index (κ3) is 3.31. The van der Waals surface area contributed by atoms with E-state index in [1.807, 2.05) is 13.1 Å². The molecular formula is C20H22ClNO3. The Morgan fingerprint density at radius 3 is 2.68 bits per heavy atom. The van der Waals surface area contributed by atoms with E-state index in [0.29, 0.717) is 22.1 Å². The van der Waals surface area contributed by atoms with Crippen LogP contribution in [-0.4, -0.2) is 32.1 Å². The number of hydrogen-bond donors (Lipinski definition) is 0. The van der Waals surface area contributed by atoms with Crippen molar-refractivity contribution in [3.05, 3.63) is 58.1 Å². The minimum absolute atomic E-state index is 0.0734. The van der Waals surface area contributed by atoms with E-state index in [2.05, 4.69) is 18.2 Å². The number of rotatable bonds is 4. The summed E-state index contributed by atoms with van der Waals surface area (Å²) in [7, 11) is 4.90. The van der Waals surface area contributed by atoms with Gasteiger partial charge in [-0.3, -0.25) is 4.79 Å². The summed E-state index contributed by atoms with van der Waals surface area (Å²) in [6.07, 6.45) is 3.10. The first kappa shape index (κ1) is 17.6. The molecule has 5 heteroatoms. The second-order valence-electron chi connectivity index (χ2n) is 6.22. The molecule has 0 radical (unpaired) electrons. The topological polar surface area (TPSA) is 38.8 Å². The Kier molecular flexibility index (Phi) is 5.19. The number of benzene rings is 2. The lowest BCUT2D eigenvalue weighted by Crippen LogP contribution is -2.33. The van der Waals surface area contributed by atoms with E-state index in [-0.39, 0.29) is 11.9 Å². The zero-order valence-corrected chi connectivity index (χ0v) is 15.5. The van der Waals surface area contributed by atoms with E-state index in [9.17, 15) is 4.79 Å². The summed E-state index contributed by atoms with van der Waals surface area (Å²) in [5.74, 6) is 0.812. The largest absolute Gasteiger partial charge is 0.493 e. The van der Waals surface area contributed by atoms with Crippen molar-refractivity contribution in [3.63, 3.8) is 0 Å². The smallest absolute Gasteiger partial charge is 0.254 e. The monoisotopic (exact) mass is 359 g/mol. The van der Waals surface area contributed by atoms with Crippen molar-refractivity contribution in [1.82, 2.24) is 4.90 Å². The molecule has 0 aromatic heterocycles. The molecular weight excluding hydrogens is 338 g/mol. The predicted molar refractivity (Wildman–Crippen MR) is 98.8 cm³/mol. The molecule has 0 spiro atoms. The van der Waals surface area contributed by atoms with E-state index in [1.54, 1.807) is 17.0 Å². The summed E-state index contributed by atoms with van der Waals surface area (Å²) < 4.78 is 10.6. The predicted octanol–water partition coefficient (Wildman–Crippen LogP) is 4.51. The number of carbonyl (C=O) groups is 1. The molecule has 1 aliphatic carbocycles. The molecule has 1 atom stereocenters. The molecule has 132 valence electrons. The number of ether oxygens (including phenoxy) is 2. The van der Waals surface area contributed by atoms with Crippen LogP contribution in [0.2, 0.25) is 5.02 Å². The van der Waals surface area contributed by atoms with Gasteiger partial charge in [0.2, 0.25) is 0 Å². The first-order valence-corrected chi connectivity index (χ1v) is 8.71. The van der Waals surface area contributed by atoms with Gasteiger partial charge in [-0.05, 0) is 42.5 Å². The Balaban J connectivity index is 1.93. The number of carbonyl (C=O) groups excluding carboxylic acids is 1. The molecule has 25 heavy (non-hydrogen) atoms. The maximum Gasteiger partial charge on any atom is 0.254 e. The average Bonchev–Trinajstić information content (AvgIpc) is 2.65. The van der Waals surface area contributed by atoms with Gasteiger partial charge in [0.15, 0.2) is 11.5 Å². The SMILES string of the molecule is COc1cc(C(=O)N(C)[C@H]2CCCc3ccccc32)cc(Cl)c1OC. The maximum atomic E-state index is 13.0. The molecule has 0 aliphatic heterocycles. The van der Waals surface area contributed by atoms with E-state index < -0.39 is 0 Å². The molecule has 0 fully saturated rings. The van der Waals surface area contributed by atoms with Crippen LogP contribution in [0.25, 0.3) is 0 Å². The fourth-order valence-electron chi connectivity index (χ4n) is 3.52. The van der Waals surface area contributed by atoms with Crippen molar-refractivity contribution in [2.45, 2.75) is 25.3 Å². The molecule has 0 bridgehead atoms. The van der Waals surface area contributed by atoms with Crippen LogP contribution in [0.1, 0.15) is 40.4 Å². The zero-order chi connectivity index (χ0) is 18.0. The Morgan fingerprint density at radius 1 is 1.20 bits per heavy atom. The number of halogens is 1. The van der Waals surface area contributed by atoms with E-state index >= 15 is 0 Å². The second kappa shape index (κ2) is 7.36. The number of amides is 1. The minimum Gasteiger partial charge on any atom is -0.493 e. The number of methoxy groups -OCH3 is 2. The van der Waals surface area contributed by atoms with Gasteiger partial charge < -0.3 is 14.4 Å². The third-order valence-corrected chi connectivity index (χ3v) is 5.09. The molecule has 3 rings (SSSR count). The van der Waals surface area contributed by atoms with Gasteiger partial charge in [-0.15, -0.1) is 0 Å². The number of nitrogens with zero attached hydrogens (tertiary/aromatic N) is 1. The zero-order valence-electron chi connectivity index (χ0n) is 14.7. The van der Waals surface area contributed by atoms with Gasteiger partial charge in [0.25, 0.3) is 5.91 Å². The van der Waals surface area contributed by atoms with Crippen molar-refractivity contribution >= 4 is 17.5 Å². The fraction of sp³-hybridized carbons (Fsp3) is 0.350. The first-order chi connectivity index (χ1) is 12.1. The summed E-state index contributed by atoms with van der Waals surface area (Å²) in [4.78, 5) is 14.8. The number of hydrogen-bond acceptors (Lipinski definition) is 3. The second-order valence-corrected chi connectivity index (χ2v) is 6.62. The molecule has 1 amide bonds. The standard InChI is InChI=1S/C20H22ClNO3/c1-22(17-10-6-8-13-7-4-5-9-15(13)17)20(23)14-11-16(21)19(25-3)18(12-14)24-2/h4-5,7,9,11-12,17H,6,8,10H2,1-3H3/t17-/m0/s1. The van der Waals surface area contributed by atoms with Crippen LogP contribution in [-0.2, 0) is 6.42 Å². The van der Waals surface area contributed by atoms with Gasteiger partial charge in [0, 0.05) is 12.6 Å². The Labute approximate surface area is 153 Å². The average molecular weight is 360 g/mol. The van der Waals surface area contributed by atoms with Crippen LogP contribution in [0.3, 0.4) is 0 Å². The van der Waals surface area contributed by atoms with Gasteiger partial charge in [0.05, 0.1) is 25.3 Å². The highest BCUT2D eigenvalue weighted by Crippen LogP contribution is 2.38. The summed E-state index contributed by atoms with van der Waals surface area (Å²) in [5.41, 5.74) is 3.05. The molecule has 0 unspecified atom stereocenters. The summed E-state index contributed by atoms with van der Waals surface area (Å²) in [6.45, 7) is 0. The number of fused-ring (bicyclic) bond motifs is 1. The van der Waals surface area contributed by atoms with Crippen LogP contribution in [0.4, 0.5) is 0 Å². The lowest BCUT2D eigenvalue weighted by molar-refractivity contribution is 0.0714. The molecule has 1 aliphatic rings. The van der Waals surface area contributed by atoms with Crippen LogP contribution >= 0.6 is 11.6 Å². The van der Waals surface area contributed by atoms with Crippen LogP contribution in [0, 0.1) is 0 Å². The van der Waals surface area contributed by atoms with Gasteiger partial charge in [0.1, 0.15) is 0 Å². The van der Waals surface area contributed by atoms with Crippen molar-refractivity contribution in [1.29, 1.82) is 0 Å². The van der Waals surface area contributed by atoms with Gasteiger partial charge in [-0.2, -0.15) is 0 Å². The molecule has 0 saturated heterocycles. The summed E-state index contributed by atoms with van der Waals surface area (Å²) in [5, 5.41) is 0.364. The van der Waals surface area contributed by atoms with Crippen LogP contribution < -0.4 is 9.47 Å². The lowest BCUT2D eigenvalue weighted by atomic mass is 9.87. The van der Waals surface area contributed by atoms with Gasteiger partial charge >= 0.3 is 0 Å². The molecule has 0 N–H and O–H groups in total.